The fourth-order valence-electron chi connectivity index (χ4n) is 4.57. The van der Waals surface area contributed by atoms with Crippen LogP contribution in [0.2, 0.25) is 0 Å². The van der Waals surface area contributed by atoms with Crippen molar-refractivity contribution in [1.82, 2.24) is 4.90 Å². The van der Waals surface area contributed by atoms with E-state index in [2.05, 4.69) is 35.3 Å². The van der Waals surface area contributed by atoms with E-state index in [0.29, 0.717) is 26.3 Å². The van der Waals surface area contributed by atoms with Crippen LogP contribution < -0.4 is 9.64 Å². The molecule has 2 aromatic carbocycles. The van der Waals surface area contributed by atoms with Crippen LogP contribution in [0.15, 0.2) is 36.4 Å². The molecular formula is C28H36N2O4. The van der Waals surface area contributed by atoms with E-state index in [-0.39, 0.29) is 6.09 Å². The smallest absolute Gasteiger partial charge is 0.410 e. The zero-order chi connectivity index (χ0) is 24.1. The molecule has 2 aliphatic rings. The van der Waals surface area contributed by atoms with Gasteiger partial charge < -0.3 is 24.0 Å². The monoisotopic (exact) mass is 464 g/mol. The second-order valence-corrected chi connectivity index (χ2v) is 9.81. The highest BCUT2D eigenvalue weighted by Crippen LogP contribution is 2.41. The zero-order valence-electron chi connectivity index (χ0n) is 20.8. The van der Waals surface area contributed by atoms with Crippen LogP contribution in [0.25, 0.3) is 12.2 Å². The highest BCUT2D eigenvalue weighted by atomic mass is 16.6. The molecule has 182 valence electrons. The average molecular weight is 465 g/mol. The van der Waals surface area contributed by atoms with Crippen LogP contribution in [-0.4, -0.2) is 63.1 Å². The van der Waals surface area contributed by atoms with Crippen LogP contribution in [0.4, 0.5) is 10.5 Å². The SMILES string of the molecule is COCCN1CCOc2cc3c(c(/C=C/c4ccccc4)c21)CCN(C(=O)OC(C)(C)C)CC3. The molecule has 0 saturated heterocycles. The van der Waals surface area contributed by atoms with Crippen molar-refractivity contribution in [3.63, 3.8) is 0 Å². The number of amides is 1. The van der Waals surface area contributed by atoms with E-state index in [1.165, 1.54) is 16.7 Å². The molecule has 2 heterocycles. The molecule has 0 atom stereocenters. The van der Waals surface area contributed by atoms with E-state index >= 15 is 0 Å². The molecule has 0 fully saturated rings. The standard InChI is InChI=1S/C28H36N2O4/c1-28(2,3)34-27(31)30-14-12-22-20-25-26(29(16-18-32-4)17-19-33-25)24(23(22)13-15-30)11-10-21-8-6-5-7-9-21/h5-11,20H,12-19H2,1-4H3/b11-10+. The molecule has 0 bridgehead atoms. The van der Waals surface area contributed by atoms with Crippen molar-refractivity contribution >= 4 is 23.9 Å². The molecule has 0 aromatic heterocycles. The number of anilines is 1. The summed E-state index contributed by atoms with van der Waals surface area (Å²) in [4.78, 5) is 17.0. The molecule has 0 saturated carbocycles. The number of hydrogen-bond donors (Lipinski definition) is 0. The van der Waals surface area contributed by atoms with Crippen LogP contribution >= 0.6 is 0 Å². The summed E-state index contributed by atoms with van der Waals surface area (Å²) in [7, 11) is 1.74. The fourth-order valence-corrected chi connectivity index (χ4v) is 4.57. The Morgan fingerprint density at radius 1 is 1.09 bits per heavy atom. The molecular weight excluding hydrogens is 428 g/mol. The van der Waals surface area contributed by atoms with Gasteiger partial charge in [0.15, 0.2) is 0 Å². The Labute approximate surface area is 203 Å². The maximum absolute atomic E-state index is 12.8. The lowest BCUT2D eigenvalue weighted by atomic mass is 9.93. The van der Waals surface area contributed by atoms with Gasteiger partial charge in [-0.15, -0.1) is 0 Å². The third kappa shape index (κ3) is 5.73. The van der Waals surface area contributed by atoms with E-state index in [9.17, 15) is 4.79 Å². The summed E-state index contributed by atoms with van der Waals surface area (Å²) in [5.74, 6) is 0.916. The number of rotatable bonds is 5. The van der Waals surface area contributed by atoms with Gasteiger partial charge in [0.25, 0.3) is 0 Å². The summed E-state index contributed by atoms with van der Waals surface area (Å²) in [6.45, 7) is 9.93. The van der Waals surface area contributed by atoms with Gasteiger partial charge in [0.2, 0.25) is 0 Å². The predicted molar refractivity (Wildman–Crippen MR) is 137 cm³/mol. The number of carbonyl (C=O) groups is 1. The van der Waals surface area contributed by atoms with E-state index in [4.69, 9.17) is 14.2 Å². The first-order chi connectivity index (χ1) is 16.4. The normalized spacial score (nSPS) is 16.0. The third-order valence-electron chi connectivity index (χ3n) is 6.18. The summed E-state index contributed by atoms with van der Waals surface area (Å²) in [6.07, 6.45) is 5.67. The van der Waals surface area contributed by atoms with E-state index < -0.39 is 5.60 Å². The summed E-state index contributed by atoms with van der Waals surface area (Å²) in [5, 5.41) is 0. The van der Waals surface area contributed by atoms with Crippen molar-refractivity contribution < 1.29 is 19.0 Å². The van der Waals surface area contributed by atoms with Crippen LogP contribution in [-0.2, 0) is 22.3 Å². The minimum Gasteiger partial charge on any atom is -0.490 e. The number of carbonyl (C=O) groups excluding carboxylic acids is 1. The Morgan fingerprint density at radius 3 is 2.59 bits per heavy atom. The summed E-state index contributed by atoms with van der Waals surface area (Å²) < 4.78 is 17.2. The minimum atomic E-state index is -0.505. The van der Waals surface area contributed by atoms with Gasteiger partial charge >= 0.3 is 6.09 Å². The Bertz CT molecular complexity index is 1030. The maximum atomic E-state index is 12.8. The maximum Gasteiger partial charge on any atom is 0.410 e. The number of fused-ring (bicyclic) bond motifs is 2. The van der Waals surface area contributed by atoms with Gasteiger partial charge in [-0.3, -0.25) is 0 Å². The quantitative estimate of drug-likeness (QED) is 0.581. The molecule has 4 rings (SSSR count). The van der Waals surface area contributed by atoms with Crippen molar-refractivity contribution in [2.24, 2.45) is 0 Å². The average Bonchev–Trinajstić information content (AvgIpc) is 3.02. The highest BCUT2D eigenvalue weighted by molar-refractivity contribution is 5.84. The molecule has 1 amide bonds. The number of benzene rings is 2. The zero-order valence-corrected chi connectivity index (χ0v) is 20.8. The van der Waals surface area contributed by atoms with Crippen LogP contribution in [0, 0.1) is 0 Å². The minimum absolute atomic E-state index is 0.246. The lowest BCUT2D eigenvalue weighted by molar-refractivity contribution is 0.0258. The lowest BCUT2D eigenvalue weighted by Gasteiger charge is -2.34. The molecule has 0 radical (unpaired) electrons. The summed E-state index contributed by atoms with van der Waals surface area (Å²) >= 11 is 0. The van der Waals surface area contributed by atoms with Gasteiger partial charge in [-0.2, -0.15) is 0 Å². The number of methoxy groups -OCH3 is 1. The molecule has 34 heavy (non-hydrogen) atoms. The fraction of sp³-hybridized carbons (Fsp3) is 0.464. The van der Waals surface area contributed by atoms with E-state index in [1.54, 1.807) is 7.11 Å². The first-order valence-corrected chi connectivity index (χ1v) is 12.1. The molecule has 6 nitrogen and oxygen atoms in total. The molecule has 0 unspecified atom stereocenters. The van der Waals surface area contributed by atoms with Crippen molar-refractivity contribution in [2.75, 3.05) is 51.4 Å². The predicted octanol–water partition coefficient (Wildman–Crippen LogP) is 5.04. The van der Waals surface area contributed by atoms with E-state index in [0.717, 1.165) is 42.9 Å². The molecule has 2 aromatic rings. The lowest BCUT2D eigenvalue weighted by Crippen LogP contribution is -2.38. The molecule has 0 N–H and O–H groups in total. The highest BCUT2D eigenvalue weighted by Gasteiger charge is 2.29. The summed E-state index contributed by atoms with van der Waals surface area (Å²) in [6, 6.07) is 12.5. The van der Waals surface area contributed by atoms with E-state index in [1.807, 2.05) is 43.9 Å². The topological polar surface area (TPSA) is 51.2 Å². The molecule has 2 aliphatic heterocycles. The largest absolute Gasteiger partial charge is 0.490 e. The third-order valence-corrected chi connectivity index (χ3v) is 6.18. The number of ether oxygens (including phenoxy) is 3. The molecule has 0 aliphatic carbocycles. The number of nitrogens with zero attached hydrogens (tertiary/aromatic N) is 2. The van der Waals surface area contributed by atoms with Gasteiger partial charge in [-0.05, 0) is 56.4 Å². The van der Waals surface area contributed by atoms with Crippen molar-refractivity contribution in [3.05, 3.63) is 58.7 Å². The van der Waals surface area contributed by atoms with Crippen molar-refractivity contribution in [3.8, 4) is 5.75 Å². The first kappa shape index (κ1) is 24.1. The van der Waals surface area contributed by atoms with Crippen LogP contribution in [0.3, 0.4) is 0 Å². The van der Waals surface area contributed by atoms with Gasteiger partial charge in [-0.25, -0.2) is 4.79 Å². The van der Waals surface area contributed by atoms with Gasteiger partial charge in [0.05, 0.1) is 18.8 Å². The van der Waals surface area contributed by atoms with Gasteiger partial charge in [0.1, 0.15) is 18.0 Å². The Kier molecular flexibility index (Phi) is 7.47. The number of hydrogen-bond acceptors (Lipinski definition) is 5. The van der Waals surface area contributed by atoms with Gasteiger partial charge in [0, 0.05) is 32.3 Å². The van der Waals surface area contributed by atoms with Crippen LogP contribution in [0.5, 0.6) is 5.75 Å². The first-order valence-electron chi connectivity index (χ1n) is 12.1. The van der Waals surface area contributed by atoms with Crippen molar-refractivity contribution in [2.45, 2.75) is 39.2 Å². The van der Waals surface area contributed by atoms with Crippen molar-refractivity contribution in [1.29, 1.82) is 0 Å². The van der Waals surface area contributed by atoms with Gasteiger partial charge in [-0.1, -0.05) is 42.5 Å². The molecule has 0 spiro atoms. The Balaban J connectivity index is 1.71. The second-order valence-electron chi connectivity index (χ2n) is 9.81. The summed E-state index contributed by atoms with van der Waals surface area (Å²) in [5.41, 5.74) is 5.47. The van der Waals surface area contributed by atoms with Crippen LogP contribution in [0.1, 0.15) is 43.0 Å². The Morgan fingerprint density at radius 2 is 1.85 bits per heavy atom. The molecule has 6 heteroatoms. The second kappa shape index (κ2) is 10.5. The Hall–Kier alpha value is -2.99.